The van der Waals surface area contributed by atoms with Gasteiger partial charge in [-0.05, 0) is 44.9 Å². The molecule has 2 aromatic heterocycles. The van der Waals surface area contributed by atoms with Crippen molar-refractivity contribution < 1.29 is 4.79 Å². The minimum atomic E-state index is -0.242. The van der Waals surface area contributed by atoms with Crippen LogP contribution in [0.1, 0.15) is 34.4 Å². The van der Waals surface area contributed by atoms with Crippen molar-refractivity contribution in [2.24, 2.45) is 7.05 Å². The summed E-state index contributed by atoms with van der Waals surface area (Å²) in [6, 6.07) is 3.60. The van der Waals surface area contributed by atoms with Crippen molar-refractivity contribution in [2.75, 3.05) is 12.4 Å². The van der Waals surface area contributed by atoms with E-state index in [1.165, 1.54) is 11.3 Å². The van der Waals surface area contributed by atoms with Crippen molar-refractivity contribution in [2.45, 2.75) is 33.2 Å². The maximum absolute atomic E-state index is 11.4. The van der Waals surface area contributed by atoms with Crippen LogP contribution in [0.5, 0.6) is 0 Å². The molecule has 7 heteroatoms. The van der Waals surface area contributed by atoms with Gasteiger partial charge in [-0.25, -0.2) is 0 Å². The lowest BCUT2D eigenvalue weighted by atomic mass is 10.1. The molecule has 0 fully saturated rings. The third-order valence-corrected chi connectivity index (χ3v) is 3.69. The molecule has 0 bridgehead atoms. The molecule has 1 atom stereocenters. The molecule has 2 heterocycles. The zero-order valence-electron chi connectivity index (χ0n) is 13.6. The van der Waals surface area contributed by atoms with E-state index in [0.29, 0.717) is 11.5 Å². The monoisotopic (exact) mass is 302 g/mol. The molecule has 0 saturated heterocycles. The highest BCUT2D eigenvalue weighted by Crippen LogP contribution is 2.15. The van der Waals surface area contributed by atoms with E-state index in [4.69, 9.17) is 0 Å². The molecule has 118 valence electrons. The number of anilines is 1. The fourth-order valence-corrected chi connectivity index (χ4v) is 2.38. The molecule has 2 N–H and O–H groups in total. The number of nitrogens with one attached hydrogen (secondary N) is 2. The van der Waals surface area contributed by atoms with Crippen LogP contribution < -0.4 is 10.6 Å². The number of aromatic nitrogens is 4. The van der Waals surface area contributed by atoms with E-state index in [9.17, 15) is 4.79 Å². The molecule has 2 rings (SSSR count). The lowest BCUT2D eigenvalue weighted by Crippen LogP contribution is -2.22. The second-order valence-corrected chi connectivity index (χ2v) is 5.41. The normalized spacial score (nSPS) is 12.0. The Kier molecular flexibility index (Phi) is 4.75. The summed E-state index contributed by atoms with van der Waals surface area (Å²) in [6.45, 7) is 6.17. The Morgan fingerprint density at radius 3 is 2.55 bits per heavy atom. The van der Waals surface area contributed by atoms with Crippen LogP contribution in [0.15, 0.2) is 12.1 Å². The van der Waals surface area contributed by atoms with Crippen LogP contribution in [0, 0.1) is 13.8 Å². The van der Waals surface area contributed by atoms with Gasteiger partial charge in [0.2, 0.25) is 0 Å². The van der Waals surface area contributed by atoms with Crippen molar-refractivity contribution in [1.29, 1.82) is 0 Å². The standard InChI is InChI=1S/C15H22N6O/c1-9(8-12-10(2)20-21(5)11(12)3)17-14-7-6-13(18-19-14)15(22)16-4/h6-7,9H,8H2,1-5H3,(H,16,22)(H,17,19). The van der Waals surface area contributed by atoms with Crippen LogP contribution in [0.25, 0.3) is 0 Å². The van der Waals surface area contributed by atoms with Crippen LogP contribution in [0.2, 0.25) is 0 Å². The smallest absolute Gasteiger partial charge is 0.271 e. The Bertz CT molecular complexity index is 661. The molecule has 0 spiro atoms. The zero-order chi connectivity index (χ0) is 16.3. The van der Waals surface area contributed by atoms with Gasteiger partial charge < -0.3 is 10.6 Å². The van der Waals surface area contributed by atoms with Gasteiger partial charge in [0.25, 0.3) is 5.91 Å². The average Bonchev–Trinajstić information content (AvgIpc) is 2.73. The molecule has 0 aromatic carbocycles. The molecule has 2 aromatic rings. The summed E-state index contributed by atoms with van der Waals surface area (Å²) >= 11 is 0. The van der Waals surface area contributed by atoms with Crippen LogP contribution in [0.4, 0.5) is 5.82 Å². The van der Waals surface area contributed by atoms with E-state index in [0.717, 1.165) is 12.1 Å². The summed E-state index contributed by atoms with van der Waals surface area (Å²) in [4.78, 5) is 11.4. The molecule has 22 heavy (non-hydrogen) atoms. The van der Waals surface area contributed by atoms with E-state index in [1.807, 2.05) is 18.7 Å². The van der Waals surface area contributed by atoms with E-state index in [1.54, 1.807) is 19.2 Å². The Hall–Kier alpha value is -2.44. The number of hydrogen-bond acceptors (Lipinski definition) is 5. The number of rotatable bonds is 5. The molecule has 1 amide bonds. The van der Waals surface area contributed by atoms with Gasteiger partial charge in [0.15, 0.2) is 5.69 Å². The van der Waals surface area contributed by atoms with Gasteiger partial charge in [0.1, 0.15) is 5.82 Å². The van der Waals surface area contributed by atoms with Gasteiger partial charge in [0, 0.05) is 25.8 Å². The first-order valence-electron chi connectivity index (χ1n) is 7.23. The highest BCUT2D eigenvalue weighted by atomic mass is 16.1. The van der Waals surface area contributed by atoms with Crippen molar-refractivity contribution >= 4 is 11.7 Å². The minimum absolute atomic E-state index is 0.182. The number of amides is 1. The van der Waals surface area contributed by atoms with Crippen molar-refractivity contribution in [3.05, 3.63) is 34.8 Å². The minimum Gasteiger partial charge on any atom is -0.366 e. The fourth-order valence-electron chi connectivity index (χ4n) is 2.38. The quantitative estimate of drug-likeness (QED) is 0.868. The van der Waals surface area contributed by atoms with Gasteiger partial charge in [-0.3, -0.25) is 9.48 Å². The summed E-state index contributed by atoms with van der Waals surface area (Å²) in [5.41, 5.74) is 3.78. The number of hydrogen-bond donors (Lipinski definition) is 2. The lowest BCUT2D eigenvalue weighted by Gasteiger charge is -2.14. The van der Waals surface area contributed by atoms with Gasteiger partial charge in [-0.2, -0.15) is 5.10 Å². The molecule has 0 saturated carbocycles. The second-order valence-electron chi connectivity index (χ2n) is 5.41. The summed E-state index contributed by atoms with van der Waals surface area (Å²) in [5, 5.41) is 18.2. The molecular formula is C15H22N6O. The van der Waals surface area contributed by atoms with E-state index in [2.05, 4.69) is 39.8 Å². The zero-order valence-corrected chi connectivity index (χ0v) is 13.6. The number of nitrogens with zero attached hydrogens (tertiary/aromatic N) is 4. The summed E-state index contributed by atoms with van der Waals surface area (Å²) in [7, 11) is 3.52. The van der Waals surface area contributed by atoms with Gasteiger partial charge >= 0.3 is 0 Å². The van der Waals surface area contributed by atoms with Gasteiger partial charge in [-0.15, -0.1) is 10.2 Å². The van der Waals surface area contributed by atoms with Gasteiger partial charge in [-0.1, -0.05) is 0 Å². The van der Waals surface area contributed by atoms with Crippen molar-refractivity contribution in [3.8, 4) is 0 Å². The summed E-state index contributed by atoms with van der Waals surface area (Å²) in [5.74, 6) is 0.410. The topological polar surface area (TPSA) is 84.7 Å². The van der Waals surface area contributed by atoms with E-state index >= 15 is 0 Å². The SMILES string of the molecule is CNC(=O)c1ccc(NC(C)Cc2c(C)nn(C)c2C)nn1. The maximum Gasteiger partial charge on any atom is 0.271 e. The van der Waals surface area contributed by atoms with Crippen LogP contribution >= 0.6 is 0 Å². The molecule has 0 aliphatic rings. The van der Waals surface area contributed by atoms with Crippen molar-refractivity contribution in [3.63, 3.8) is 0 Å². The van der Waals surface area contributed by atoms with Gasteiger partial charge in [0.05, 0.1) is 5.69 Å². The summed E-state index contributed by atoms with van der Waals surface area (Å²) in [6.07, 6.45) is 0.852. The Labute approximate surface area is 130 Å². The average molecular weight is 302 g/mol. The van der Waals surface area contributed by atoms with Crippen LogP contribution in [-0.2, 0) is 13.5 Å². The molecular weight excluding hydrogens is 280 g/mol. The van der Waals surface area contributed by atoms with Crippen LogP contribution in [0.3, 0.4) is 0 Å². The Morgan fingerprint density at radius 1 is 1.32 bits per heavy atom. The van der Waals surface area contributed by atoms with Crippen LogP contribution in [-0.4, -0.2) is 39.0 Å². The predicted molar refractivity (Wildman–Crippen MR) is 84.9 cm³/mol. The number of carbonyl (C=O) groups is 1. The molecule has 0 aliphatic carbocycles. The van der Waals surface area contributed by atoms with Crippen molar-refractivity contribution in [1.82, 2.24) is 25.3 Å². The third-order valence-electron chi connectivity index (χ3n) is 3.69. The highest BCUT2D eigenvalue weighted by molar-refractivity contribution is 5.91. The second kappa shape index (κ2) is 6.55. The predicted octanol–water partition coefficient (Wildman–Crippen LogP) is 1.23. The van der Waals surface area contributed by atoms with E-state index in [-0.39, 0.29) is 11.9 Å². The largest absolute Gasteiger partial charge is 0.366 e. The Balaban J connectivity index is 2.02. The molecule has 0 aliphatic heterocycles. The highest BCUT2D eigenvalue weighted by Gasteiger charge is 2.13. The first-order chi connectivity index (χ1) is 10.4. The molecule has 1 unspecified atom stereocenters. The number of aryl methyl sites for hydroxylation is 2. The van der Waals surface area contributed by atoms with E-state index < -0.39 is 0 Å². The fraction of sp³-hybridized carbons (Fsp3) is 0.467. The third kappa shape index (κ3) is 3.41. The maximum atomic E-state index is 11.4. The number of carbonyl (C=O) groups excluding carboxylic acids is 1. The first kappa shape index (κ1) is 15.9. The molecule has 7 nitrogen and oxygen atoms in total. The summed E-state index contributed by atoms with van der Waals surface area (Å²) < 4.78 is 1.90. The lowest BCUT2D eigenvalue weighted by molar-refractivity contribution is 0.0957. The Morgan fingerprint density at radius 2 is 2.05 bits per heavy atom. The molecule has 0 radical (unpaired) electrons. The first-order valence-corrected chi connectivity index (χ1v) is 7.23.